The van der Waals surface area contributed by atoms with Gasteiger partial charge in [0.25, 0.3) is 5.91 Å². The minimum absolute atomic E-state index is 0.307. The molecular weight excluding hydrogens is 385 g/mol. The number of hydrogen-bond donors (Lipinski definition) is 1. The molecule has 0 bridgehead atoms. The largest absolute Gasteiger partial charge is 0.445 e. The highest BCUT2D eigenvalue weighted by Crippen LogP contribution is 2.29. The molecule has 4 rings (SSSR count). The van der Waals surface area contributed by atoms with Crippen molar-refractivity contribution in [2.24, 2.45) is 0 Å². The van der Waals surface area contributed by atoms with E-state index in [0.717, 1.165) is 22.5 Å². The molecule has 0 fully saturated rings. The fraction of sp³-hybridized carbons (Fsp3) is 0.261. The molecule has 154 valence electrons. The highest BCUT2D eigenvalue weighted by molar-refractivity contribution is 5.97. The first kappa shape index (κ1) is 19.8. The molecule has 0 aliphatic carbocycles. The van der Waals surface area contributed by atoms with Gasteiger partial charge < -0.3 is 10.1 Å². The Kier molecular flexibility index (Phi) is 4.89. The highest BCUT2D eigenvalue weighted by atomic mass is 19.1. The van der Waals surface area contributed by atoms with E-state index in [2.05, 4.69) is 10.4 Å². The van der Waals surface area contributed by atoms with Crippen LogP contribution in [-0.4, -0.2) is 27.3 Å². The first-order chi connectivity index (χ1) is 14.3. The molecule has 1 aliphatic rings. The third-order valence-electron chi connectivity index (χ3n) is 5.50. The summed E-state index contributed by atoms with van der Waals surface area (Å²) in [6.45, 7) is 5.35. The van der Waals surface area contributed by atoms with Gasteiger partial charge in [0.05, 0.1) is 23.5 Å². The van der Waals surface area contributed by atoms with E-state index in [1.807, 2.05) is 26.0 Å². The van der Waals surface area contributed by atoms with E-state index in [9.17, 15) is 14.0 Å². The zero-order valence-corrected chi connectivity index (χ0v) is 17.0. The number of hydrogen-bond acceptors (Lipinski definition) is 4. The highest BCUT2D eigenvalue weighted by Gasteiger charge is 2.43. The van der Waals surface area contributed by atoms with Crippen molar-refractivity contribution in [3.8, 4) is 5.69 Å². The summed E-state index contributed by atoms with van der Waals surface area (Å²) in [4.78, 5) is 25.4. The van der Waals surface area contributed by atoms with Crippen LogP contribution in [-0.2, 0) is 16.0 Å². The number of ether oxygens (including phenoxy) is 1. The molecule has 1 aliphatic heterocycles. The quantitative estimate of drug-likeness (QED) is 0.670. The van der Waals surface area contributed by atoms with Crippen molar-refractivity contribution in [3.05, 3.63) is 82.9 Å². The summed E-state index contributed by atoms with van der Waals surface area (Å²) in [6, 6.07) is 12.8. The first-order valence-corrected chi connectivity index (χ1v) is 9.71. The molecule has 0 saturated heterocycles. The number of fused-ring (bicyclic) bond motifs is 1. The van der Waals surface area contributed by atoms with E-state index in [0.29, 0.717) is 12.0 Å². The van der Waals surface area contributed by atoms with Gasteiger partial charge in [-0.2, -0.15) is 5.10 Å². The molecule has 2 atom stereocenters. The van der Waals surface area contributed by atoms with Crippen molar-refractivity contribution < 1.29 is 18.7 Å². The number of cyclic esters (lactones) is 1. The zero-order chi connectivity index (χ0) is 21.5. The Morgan fingerprint density at radius 2 is 1.93 bits per heavy atom. The topological polar surface area (TPSA) is 73.2 Å². The number of rotatable bonds is 4. The van der Waals surface area contributed by atoms with Crippen molar-refractivity contribution in [1.82, 2.24) is 15.1 Å². The summed E-state index contributed by atoms with van der Waals surface area (Å²) in [5.41, 5.74) is 2.36. The number of halogens is 1. The molecule has 6 nitrogen and oxygen atoms in total. The maximum atomic E-state index is 13.2. The molecule has 1 N–H and O–H groups in total. The van der Waals surface area contributed by atoms with Crippen LogP contribution in [0.15, 0.2) is 54.7 Å². The summed E-state index contributed by atoms with van der Waals surface area (Å²) < 4.78 is 20.4. The van der Waals surface area contributed by atoms with Gasteiger partial charge in [0.1, 0.15) is 5.82 Å². The van der Waals surface area contributed by atoms with Gasteiger partial charge in [0.2, 0.25) is 0 Å². The van der Waals surface area contributed by atoms with Crippen LogP contribution in [0.25, 0.3) is 5.69 Å². The van der Waals surface area contributed by atoms with Gasteiger partial charge in [-0.1, -0.05) is 18.2 Å². The number of amides is 1. The molecule has 0 radical (unpaired) electrons. The lowest BCUT2D eigenvalue weighted by Gasteiger charge is -2.34. The molecule has 0 saturated carbocycles. The standard InChI is InChI=1S/C23H22FN3O3/c1-14(20-13-25-27(15(20)2)18-10-8-17(24)9-11-18)26-22(29)23(3)12-16-6-4-5-7-19(16)21(28)30-23/h4-11,13-14H,12H2,1-3H3,(H,26,29). The second kappa shape index (κ2) is 7.40. The van der Waals surface area contributed by atoms with Crippen molar-refractivity contribution in [2.45, 2.75) is 38.8 Å². The van der Waals surface area contributed by atoms with Crippen molar-refractivity contribution in [1.29, 1.82) is 0 Å². The molecule has 7 heteroatoms. The number of nitrogens with one attached hydrogen (secondary N) is 1. The van der Waals surface area contributed by atoms with Gasteiger partial charge >= 0.3 is 5.97 Å². The smallest absolute Gasteiger partial charge is 0.339 e. The van der Waals surface area contributed by atoms with E-state index < -0.39 is 11.6 Å². The third-order valence-corrected chi connectivity index (χ3v) is 5.50. The van der Waals surface area contributed by atoms with Crippen molar-refractivity contribution in [2.75, 3.05) is 0 Å². The van der Waals surface area contributed by atoms with Crippen LogP contribution >= 0.6 is 0 Å². The van der Waals surface area contributed by atoms with E-state index in [4.69, 9.17) is 4.74 Å². The predicted octanol–water partition coefficient (Wildman–Crippen LogP) is 3.67. The summed E-state index contributed by atoms with van der Waals surface area (Å²) in [6.07, 6.45) is 1.98. The van der Waals surface area contributed by atoms with Crippen LogP contribution < -0.4 is 5.32 Å². The van der Waals surface area contributed by atoms with Crippen LogP contribution in [0.3, 0.4) is 0 Å². The number of esters is 1. The second-order valence-corrected chi connectivity index (χ2v) is 7.72. The molecule has 3 aromatic rings. The fourth-order valence-corrected chi connectivity index (χ4v) is 3.78. The van der Waals surface area contributed by atoms with Gasteiger partial charge in [0, 0.05) is 17.7 Å². The minimum atomic E-state index is -1.29. The molecule has 2 aromatic carbocycles. The summed E-state index contributed by atoms with van der Waals surface area (Å²) >= 11 is 0. The maximum absolute atomic E-state index is 13.2. The average molecular weight is 407 g/mol. The lowest BCUT2D eigenvalue weighted by molar-refractivity contribution is -0.140. The Balaban J connectivity index is 1.53. The number of benzene rings is 2. The van der Waals surface area contributed by atoms with E-state index in [1.54, 1.807) is 42.1 Å². The van der Waals surface area contributed by atoms with Crippen LogP contribution in [0, 0.1) is 12.7 Å². The fourth-order valence-electron chi connectivity index (χ4n) is 3.78. The molecule has 30 heavy (non-hydrogen) atoms. The van der Waals surface area contributed by atoms with E-state index in [-0.39, 0.29) is 17.8 Å². The Labute approximate surface area is 173 Å². The summed E-state index contributed by atoms with van der Waals surface area (Å²) in [5, 5.41) is 7.32. The predicted molar refractivity (Wildman–Crippen MR) is 109 cm³/mol. The Morgan fingerprint density at radius 3 is 2.67 bits per heavy atom. The van der Waals surface area contributed by atoms with Crippen LogP contribution in [0.5, 0.6) is 0 Å². The average Bonchev–Trinajstić information content (AvgIpc) is 3.10. The normalized spacial score (nSPS) is 19.0. The van der Waals surface area contributed by atoms with Gasteiger partial charge in [0.15, 0.2) is 5.60 Å². The molecule has 1 amide bonds. The zero-order valence-electron chi connectivity index (χ0n) is 17.0. The Hall–Kier alpha value is -3.48. The van der Waals surface area contributed by atoms with Crippen LogP contribution in [0.1, 0.15) is 47.1 Å². The number of nitrogens with zero attached hydrogens (tertiary/aromatic N) is 2. The lowest BCUT2D eigenvalue weighted by atomic mass is 9.89. The van der Waals surface area contributed by atoms with Gasteiger partial charge in [-0.15, -0.1) is 0 Å². The SMILES string of the molecule is Cc1c(C(C)NC(=O)C2(C)Cc3ccccc3C(=O)O2)cnn1-c1ccc(F)cc1. The molecular formula is C23H22FN3O3. The Morgan fingerprint density at radius 1 is 1.23 bits per heavy atom. The van der Waals surface area contributed by atoms with Crippen molar-refractivity contribution >= 4 is 11.9 Å². The van der Waals surface area contributed by atoms with Crippen LogP contribution in [0.4, 0.5) is 4.39 Å². The molecule has 2 unspecified atom stereocenters. The molecule has 2 heterocycles. The molecule has 0 spiro atoms. The number of aromatic nitrogens is 2. The Bertz CT molecular complexity index is 1120. The van der Waals surface area contributed by atoms with Gasteiger partial charge in [-0.05, 0) is 56.7 Å². The summed E-state index contributed by atoms with van der Waals surface area (Å²) in [5.74, 6) is -1.18. The van der Waals surface area contributed by atoms with Gasteiger partial charge in [-0.25, -0.2) is 13.9 Å². The summed E-state index contributed by atoms with van der Waals surface area (Å²) in [7, 11) is 0. The monoisotopic (exact) mass is 407 g/mol. The van der Waals surface area contributed by atoms with Gasteiger partial charge in [-0.3, -0.25) is 4.79 Å². The van der Waals surface area contributed by atoms with E-state index >= 15 is 0 Å². The minimum Gasteiger partial charge on any atom is -0.445 e. The van der Waals surface area contributed by atoms with Crippen LogP contribution in [0.2, 0.25) is 0 Å². The lowest BCUT2D eigenvalue weighted by Crippen LogP contribution is -2.52. The first-order valence-electron chi connectivity index (χ1n) is 9.71. The molecule has 1 aromatic heterocycles. The number of carbonyl (C=O) groups excluding carboxylic acids is 2. The van der Waals surface area contributed by atoms with E-state index in [1.165, 1.54) is 12.1 Å². The maximum Gasteiger partial charge on any atom is 0.339 e. The third kappa shape index (κ3) is 3.47. The number of carbonyl (C=O) groups is 2. The van der Waals surface area contributed by atoms with Crippen molar-refractivity contribution in [3.63, 3.8) is 0 Å². The second-order valence-electron chi connectivity index (χ2n) is 7.72.